The minimum Gasteiger partial charge on any atom is -0.313 e. The molecule has 1 unspecified atom stereocenters. The van der Waals surface area contributed by atoms with Gasteiger partial charge in [0.1, 0.15) is 5.82 Å². The number of benzene rings is 1. The fourth-order valence-electron chi connectivity index (χ4n) is 2.00. The van der Waals surface area contributed by atoms with Gasteiger partial charge in [-0.2, -0.15) is 11.8 Å². The summed E-state index contributed by atoms with van der Waals surface area (Å²) in [5.74, 6) is 1.45. The molecule has 1 nitrogen and oxygen atoms in total. The fourth-order valence-corrected chi connectivity index (χ4v) is 2.52. The zero-order valence-electron chi connectivity index (χ0n) is 10.3. The van der Waals surface area contributed by atoms with Crippen molar-refractivity contribution >= 4 is 11.8 Å². The Hall–Kier alpha value is -0.540. The minimum absolute atomic E-state index is 0.122. The van der Waals surface area contributed by atoms with Crippen molar-refractivity contribution in [2.45, 2.75) is 31.2 Å². The SMILES string of the molecule is CSCCC(CNC1CC1)c1cccc(F)c1. The van der Waals surface area contributed by atoms with Gasteiger partial charge in [0.2, 0.25) is 0 Å². The van der Waals surface area contributed by atoms with Crippen molar-refractivity contribution in [3.05, 3.63) is 35.6 Å². The zero-order chi connectivity index (χ0) is 12.1. The summed E-state index contributed by atoms with van der Waals surface area (Å²) < 4.78 is 13.2. The van der Waals surface area contributed by atoms with E-state index in [1.165, 1.54) is 18.9 Å². The number of thioether (sulfide) groups is 1. The Bertz CT molecular complexity index is 352. The smallest absolute Gasteiger partial charge is 0.123 e. The molecule has 0 radical (unpaired) electrons. The van der Waals surface area contributed by atoms with E-state index in [1.807, 2.05) is 23.9 Å². The highest BCUT2D eigenvalue weighted by Gasteiger charge is 2.22. The van der Waals surface area contributed by atoms with E-state index < -0.39 is 0 Å². The molecule has 0 aromatic heterocycles. The van der Waals surface area contributed by atoms with Crippen LogP contribution in [0.15, 0.2) is 24.3 Å². The summed E-state index contributed by atoms with van der Waals surface area (Å²) in [6.07, 6.45) is 5.85. The molecule has 0 saturated heterocycles. The van der Waals surface area contributed by atoms with Gasteiger partial charge in [-0.1, -0.05) is 12.1 Å². The third-order valence-electron chi connectivity index (χ3n) is 3.22. The molecule has 1 aliphatic rings. The van der Waals surface area contributed by atoms with Gasteiger partial charge in [-0.15, -0.1) is 0 Å². The lowest BCUT2D eigenvalue weighted by Crippen LogP contribution is -2.24. The Labute approximate surface area is 107 Å². The summed E-state index contributed by atoms with van der Waals surface area (Å²) in [5.41, 5.74) is 1.13. The lowest BCUT2D eigenvalue weighted by molar-refractivity contribution is 0.563. The highest BCUT2D eigenvalue weighted by atomic mass is 32.2. The monoisotopic (exact) mass is 253 g/mol. The van der Waals surface area contributed by atoms with E-state index in [2.05, 4.69) is 11.6 Å². The van der Waals surface area contributed by atoms with Gasteiger partial charge >= 0.3 is 0 Å². The summed E-state index contributed by atoms with van der Waals surface area (Å²) in [4.78, 5) is 0. The Morgan fingerprint density at radius 3 is 2.94 bits per heavy atom. The third kappa shape index (κ3) is 4.32. The van der Waals surface area contributed by atoms with Crippen molar-refractivity contribution in [2.75, 3.05) is 18.6 Å². The average Bonchev–Trinajstić information content (AvgIpc) is 3.13. The predicted octanol–water partition coefficient (Wildman–Crippen LogP) is 3.41. The molecule has 1 N–H and O–H groups in total. The second-order valence-electron chi connectivity index (χ2n) is 4.72. The lowest BCUT2D eigenvalue weighted by Gasteiger charge is -2.17. The molecule has 0 bridgehead atoms. The molecule has 1 saturated carbocycles. The third-order valence-corrected chi connectivity index (χ3v) is 3.86. The van der Waals surface area contributed by atoms with Crippen LogP contribution < -0.4 is 5.32 Å². The molecular weight excluding hydrogens is 233 g/mol. The summed E-state index contributed by atoms with van der Waals surface area (Å²) >= 11 is 1.86. The second-order valence-corrected chi connectivity index (χ2v) is 5.70. The van der Waals surface area contributed by atoms with Gasteiger partial charge in [0.15, 0.2) is 0 Å². The summed E-state index contributed by atoms with van der Waals surface area (Å²) in [5, 5.41) is 3.55. The van der Waals surface area contributed by atoms with Crippen LogP contribution in [0.3, 0.4) is 0 Å². The van der Waals surface area contributed by atoms with Crippen molar-refractivity contribution < 1.29 is 4.39 Å². The molecule has 0 heterocycles. The van der Waals surface area contributed by atoms with Crippen LogP contribution in [0.4, 0.5) is 4.39 Å². The molecule has 0 spiro atoms. The van der Waals surface area contributed by atoms with Crippen LogP contribution in [0, 0.1) is 5.82 Å². The molecule has 17 heavy (non-hydrogen) atoms. The van der Waals surface area contributed by atoms with E-state index in [1.54, 1.807) is 6.07 Å². The molecule has 0 aliphatic heterocycles. The van der Waals surface area contributed by atoms with Gasteiger partial charge in [-0.3, -0.25) is 0 Å². The van der Waals surface area contributed by atoms with Crippen LogP contribution >= 0.6 is 11.8 Å². The van der Waals surface area contributed by atoms with Gasteiger partial charge in [-0.05, 0) is 54.9 Å². The highest BCUT2D eigenvalue weighted by molar-refractivity contribution is 7.98. The first kappa shape index (κ1) is 12.9. The Balaban J connectivity index is 1.96. The van der Waals surface area contributed by atoms with Crippen LogP contribution in [0.1, 0.15) is 30.7 Å². The first-order valence-corrected chi connectivity index (χ1v) is 7.67. The maximum atomic E-state index is 13.2. The minimum atomic E-state index is -0.122. The molecule has 1 aromatic carbocycles. The van der Waals surface area contributed by atoms with Crippen LogP contribution in [0.2, 0.25) is 0 Å². The Kier molecular flexibility index (Phi) is 4.86. The van der Waals surface area contributed by atoms with E-state index in [-0.39, 0.29) is 5.82 Å². The first-order chi connectivity index (χ1) is 8.29. The van der Waals surface area contributed by atoms with Crippen LogP contribution in [0.5, 0.6) is 0 Å². The summed E-state index contributed by atoms with van der Waals surface area (Å²) in [7, 11) is 0. The van der Waals surface area contributed by atoms with Gasteiger partial charge in [0, 0.05) is 12.6 Å². The quantitative estimate of drug-likeness (QED) is 0.799. The van der Waals surface area contributed by atoms with Crippen molar-refractivity contribution in [3.8, 4) is 0 Å². The van der Waals surface area contributed by atoms with E-state index in [0.717, 1.165) is 30.3 Å². The molecular formula is C14H20FNS. The molecule has 3 heteroatoms. The van der Waals surface area contributed by atoms with Crippen LogP contribution in [-0.4, -0.2) is 24.6 Å². The highest BCUT2D eigenvalue weighted by Crippen LogP contribution is 2.24. The topological polar surface area (TPSA) is 12.0 Å². The van der Waals surface area contributed by atoms with E-state index in [9.17, 15) is 4.39 Å². The number of rotatable bonds is 7. The first-order valence-electron chi connectivity index (χ1n) is 6.27. The van der Waals surface area contributed by atoms with Crippen LogP contribution in [0.25, 0.3) is 0 Å². The lowest BCUT2D eigenvalue weighted by atomic mass is 9.96. The number of hydrogen-bond acceptors (Lipinski definition) is 2. The van der Waals surface area contributed by atoms with E-state index in [0.29, 0.717) is 5.92 Å². The Morgan fingerprint density at radius 1 is 1.47 bits per heavy atom. The van der Waals surface area contributed by atoms with Gasteiger partial charge in [-0.25, -0.2) is 4.39 Å². The molecule has 1 atom stereocenters. The van der Waals surface area contributed by atoms with Gasteiger partial charge < -0.3 is 5.32 Å². The van der Waals surface area contributed by atoms with Crippen molar-refractivity contribution in [1.29, 1.82) is 0 Å². The van der Waals surface area contributed by atoms with Crippen molar-refractivity contribution in [2.24, 2.45) is 0 Å². The molecule has 0 amide bonds. The van der Waals surface area contributed by atoms with E-state index >= 15 is 0 Å². The predicted molar refractivity (Wildman–Crippen MR) is 73.2 cm³/mol. The van der Waals surface area contributed by atoms with Gasteiger partial charge in [0.25, 0.3) is 0 Å². The summed E-state index contributed by atoms with van der Waals surface area (Å²) in [6.45, 7) is 0.981. The molecule has 2 rings (SSSR count). The van der Waals surface area contributed by atoms with Gasteiger partial charge in [0.05, 0.1) is 0 Å². The van der Waals surface area contributed by atoms with Crippen molar-refractivity contribution in [1.82, 2.24) is 5.32 Å². The molecule has 1 fully saturated rings. The number of nitrogens with one attached hydrogen (secondary N) is 1. The van der Waals surface area contributed by atoms with Crippen molar-refractivity contribution in [3.63, 3.8) is 0 Å². The number of halogens is 1. The van der Waals surface area contributed by atoms with Crippen LogP contribution in [-0.2, 0) is 0 Å². The standard InChI is InChI=1S/C14H20FNS/c1-17-8-7-12(10-16-14-5-6-14)11-3-2-4-13(15)9-11/h2-4,9,12,14,16H,5-8,10H2,1H3. The van der Waals surface area contributed by atoms with E-state index in [4.69, 9.17) is 0 Å². The molecule has 1 aliphatic carbocycles. The largest absolute Gasteiger partial charge is 0.313 e. The maximum absolute atomic E-state index is 13.2. The molecule has 1 aromatic rings. The summed E-state index contributed by atoms with van der Waals surface area (Å²) in [6, 6.07) is 7.78. The Morgan fingerprint density at radius 2 is 2.29 bits per heavy atom. The molecule has 94 valence electrons. The normalized spacial score (nSPS) is 17.1. The maximum Gasteiger partial charge on any atom is 0.123 e. The second kappa shape index (κ2) is 6.41. The zero-order valence-corrected chi connectivity index (χ0v) is 11.1. The fraction of sp³-hybridized carbons (Fsp3) is 0.571. The average molecular weight is 253 g/mol. The number of hydrogen-bond donors (Lipinski definition) is 1.